The predicted octanol–water partition coefficient (Wildman–Crippen LogP) is 2.95. The van der Waals surface area contributed by atoms with Crippen molar-refractivity contribution in [3.8, 4) is 5.75 Å². The highest BCUT2D eigenvalue weighted by molar-refractivity contribution is 6.07. The first-order chi connectivity index (χ1) is 10.6. The van der Waals surface area contributed by atoms with Crippen LogP contribution in [-0.2, 0) is 11.3 Å². The maximum atomic E-state index is 12.4. The van der Waals surface area contributed by atoms with Crippen LogP contribution in [0.5, 0.6) is 5.75 Å². The SMILES string of the molecule is CC(C)Cn1nccc1NC(=O)C1=Cc2ccccc2OC1. The minimum Gasteiger partial charge on any atom is -0.488 e. The fourth-order valence-electron chi connectivity index (χ4n) is 2.37. The number of anilines is 1. The molecule has 3 rings (SSSR count). The van der Waals surface area contributed by atoms with Gasteiger partial charge in [-0.1, -0.05) is 32.0 Å². The second kappa shape index (κ2) is 6.05. The molecule has 0 saturated carbocycles. The van der Waals surface area contributed by atoms with E-state index in [0.717, 1.165) is 17.9 Å². The van der Waals surface area contributed by atoms with Gasteiger partial charge in [0.15, 0.2) is 0 Å². The number of aromatic nitrogens is 2. The Balaban J connectivity index is 1.76. The number of carbonyl (C=O) groups excluding carboxylic acids is 1. The van der Waals surface area contributed by atoms with E-state index in [0.29, 0.717) is 17.3 Å². The van der Waals surface area contributed by atoms with Gasteiger partial charge in [-0.3, -0.25) is 4.79 Å². The standard InChI is InChI=1S/C17H19N3O2/c1-12(2)10-20-16(7-8-18-20)19-17(21)14-9-13-5-3-4-6-15(13)22-11-14/h3-9,12H,10-11H2,1-2H3,(H,19,21). The molecule has 0 fully saturated rings. The van der Waals surface area contributed by atoms with Crippen molar-refractivity contribution in [1.29, 1.82) is 0 Å². The zero-order chi connectivity index (χ0) is 15.5. The predicted molar refractivity (Wildman–Crippen MR) is 85.6 cm³/mol. The molecular weight excluding hydrogens is 278 g/mol. The van der Waals surface area contributed by atoms with Gasteiger partial charge in [0, 0.05) is 18.2 Å². The van der Waals surface area contributed by atoms with Gasteiger partial charge in [0.2, 0.25) is 0 Å². The van der Waals surface area contributed by atoms with E-state index in [1.807, 2.05) is 30.3 Å². The zero-order valence-corrected chi connectivity index (χ0v) is 12.7. The Labute approximate surface area is 129 Å². The van der Waals surface area contributed by atoms with Crippen LogP contribution in [0.4, 0.5) is 5.82 Å². The maximum absolute atomic E-state index is 12.4. The lowest BCUT2D eigenvalue weighted by molar-refractivity contribution is -0.113. The second-order valence-corrected chi connectivity index (χ2v) is 5.74. The van der Waals surface area contributed by atoms with Crippen LogP contribution in [0.25, 0.3) is 6.08 Å². The first-order valence-electron chi connectivity index (χ1n) is 7.39. The van der Waals surface area contributed by atoms with Crippen molar-refractivity contribution in [3.63, 3.8) is 0 Å². The summed E-state index contributed by atoms with van der Waals surface area (Å²) in [6, 6.07) is 9.49. The van der Waals surface area contributed by atoms with Crippen LogP contribution in [-0.4, -0.2) is 22.3 Å². The molecule has 1 aromatic carbocycles. The molecule has 2 aromatic rings. The third-order valence-corrected chi connectivity index (χ3v) is 3.42. The number of carbonyl (C=O) groups is 1. The van der Waals surface area contributed by atoms with Crippen LogP contribution in [0.15, 0.2) is 42.1 Å². The van der Waals surface area contributed by atoms with Crippen LogP contribution in [0.3, 0.4) is 0 Å². The molecule has 0 unspecified atom stereocenters. The number of hydrogen-bond donors (Lipinski definition) is 1. The van der Waals surface area contributed by atoms with E-state index in [1.165, 1.54) is 0 Å². The molecule has 5 nitrogen and oxygen atoms in total. The van der Waals surface area contributed by atoms with Crippen molar-refractivity contribution in [2.45, 2.75) is 20.4 Å². The summed E-state index contributed by atoms with van der Waals surface area (Å²) in [5.41, 5.74) is 1.53. The summed E-state index contributed by atoms with van der Waals surface area (Å²) in [7, 11) is 0. The van der Waals surface area contributed by atoms with E-state index in [2.05, 4.69) is 24.3 Å². The summed E-state index contributed by atoms with van der Waals surface area (Å²) >= 11 is 0. The van der Waals surface area contributed by atoms with E-state index in [4.69, 9.17) is 4.74 Å². The topological polar surface area (TPSA) is 56.2 Å². The highest BCUT2D eigenvalue weighted by atomic mass is 16.5. The molecule has 2 heterocycles. The Morgan fingerprint density at radius 3 is 3.00 bits per heavy atom. The van der Waals surface area contributed by atoms with Gasteiger partial charge in [-0.15, -0.1) is 0 Å². The quantitative estimate of drug-likeness (QED) is 0.944. The van der Waals surface area contributed by atoms with Crippen molar-refractivity contribution in [2.24, 2.45) is 5.92 Å². The fourth-order valence-corrected chi connectivity index (χ4v) is 2.37. The Hall–Kier alpha value is -2.56. The summed E-state index contributed by atoms with van der Waals surface area (Å²) in [4.78, 5) is 12.4. The highest BCUT2D eigenvalue weighted by Gasteiger charge is 2.18. The van der Waals surface area contributed by atoms with Gasteiger partial charge in [-0.2, -0.15) is 5.10 Å². The molecule has 5 heteroatoms. The molecule has 0 atom stereocenters. The van der Waals surface area contributed by atoms with Crippen LogP contribution in [0, 0.1) is 5.92 Å². The van der Waals surface area contributed by atoms with Crippen molar-refractivity contribution in [1.82, 2.24) is 9.78 Å². The first kappa shape index (κ1) is 14.4. The van der Waals surface area contributed by atoms with Gasteiger partial charge in [0.05, 0.1) is 11.8 Å². The molecule has 1 amide bonds. The number of ether oxygens (including phenoxy) is 1. The van der Waals surface area contributed by atoms with E-state index >= 15 is 0 Å². The van der Waals surface area contributed by atoms with Gasteiger partial charge in [-0.05, 0) is 18.1 Å². The van der Waals surface area contributed by atoms with Gasteiger partial charge in [-0.25, -0.2) is 4.68 Å². The molecule has 0 radical (unpaired) electrons. The van der Waals surface area contributed by atoms with Crippen LogP contribution in [0.1, 0.15) is 19.4 Å². The van der Waals surface area contributed by atoms with E-state index in [9.17, 15) is 4.79 Å². The summed E-state index contributed by atoms with van der Waals surface area (Å²) in [5, 5.41) is 7.15. The van der Waals surface area contributed by atoms with Crippen molar-refractivity contribution >= 4 is 17.8 Å². The fraction of sp³-hybridized carbons (Fsp3) is 0.294. The smallest absolute Gasteiger partial charge is 0.256 e. The lowest BCUT2D eigenvalue weighted by Crippen LogP contribution is -2.23. The molecule has 0 spiro atoms. The number of hydrogen-bond acceptors (Lipinski definition) is 3. The van der Waals surface area contributed by atoms with E-state index in [-0.39, 0.29) is 12.5 Å². The molecule has 0 aliphatic carbocycles. The molecule has 1 N–H and O–H groups in total. The van der Waals surface area contributed by atoms with Gasteiger partial charge in [0.1, 0.15) is 18.2 Å². The van der Waals surface area contributed by atoms with Gasteiger partial charge < -0.3 is 10.1 Å². The minimum atomic E-state index is -0.153. The van der Waals surface area contributed by atoms with E-state index in [1.54, 1.807) is 16.9 Å². The summed E-state index contributed by atoms with van der Waals surface area (Å²) in [5.74, 6) is 1.82. The lowest BCUT2D eigenvalue weighted by atomic mass is 10.1. The van der Waals surface area contributed by atoms with Crippen LogP contribution >= 0.6 is 0 Å². The lowest BCUT2D eigenvalue weighted by Gasteiger charge is -2.18. The number of rotatable bonds is 4. The number of nitrogens with one attached hydrogen (secondary N) is 1. The molecule has 1 aliphatic rings. The molecule has 1 aromatic heterocycles. The Kier molecular flexibility index (Phi) is 3.96. The molecule has 0 bridgehead atoms. The average Bonchev–Trinajstić information content (AvgIpc) is 2.93. The van der Waals surface area contributed by atoms with Crippen molar-refractivity contribution in [2.75, 3.05) is 11.9 Å². The molecule has 0 saturated heterocycles. The molecule has 22 heavy (non-hydrogen) atoms. The number of benzene rings is 1. The average molecular weight is 297 g/mol. The monoisotopic (exact) mass is 297 g/mol. The summed E-state index contributed by atoms with van der Waals surface area (Å²) < 4.78 is 7.43. The number of fused-ring (bicyclic) bond motifs is 1. The summed E-state index contributed by atoms with van der Waals surface area (Å²) in [6.45, 7) is 5.27. The molecule has 1 aliphatic heterocycles. The number of amides is 1. The minimum absolute atomic E-state index is 0.153. The van der Waals surface area contributed by atoms with Crippen molar-refractivity contribution in [3.05, 3.63) is 47.7 Å². The summed E-state index contributed by atoms with van der Waals surface area (Å²) in [6.07, 6.45) is 3.57. The number of para-hydroxylation sites is 1. The molecular formula is C17H19N3O2. The van der Waals surface area contributed by atoms with Crippen LogP contribution in [0.2, 0.25) is 0 Å². The van der Waals surface area contributed by atoms with Crippen LogP contribution < -0.4 is 10.1 Å². The van der Waals surface area contributed by atoms with Crippen molar-refractivity contribution < 1.29 is 9.53 Å². The first-order valence-corrected chi connectivity index (χ1v) is 7.39. The third kappa shape index (κ3) is 3.03. The second-order valence-electron chi connectivity index (χ2n) is 5.74. The zero-order valence-electron chi connectivity index (χ0n) is 12.7. The van der Waals surface area contributed by atoms with Gasteiger partial charge >= 0.3 is 0 Å². The third-order valence-electron chi connectivity index (χ3n) is 3.42. The normalized spacial score (nSPS) is 13.3. The Bertz CT molecular complexity index is 716. The Morgan fingerprint density at radius 1 is 1.36 bits per heavy atom. The molecule has 114 valence electrons. The number of nitrogens with zero attached hydrogens (tertiary/aromatic N) is 2. The largest absolute Gasteiger partial charge is 0.488 e. The van der Waals surface area contributed by atoms with Gasteiger partial charge in [0.25, 0.3) is 5.91 Å². The Morgan fingerprint density at radius 2 is 2.18 bits per heavy atom. The maximum Gasteiger partial charge on any atom is 0.256 e. The highest BCUT2D eigenvalue weighted by Crippen LogP contribution is 2.26. The van der Waals surface area contributed by atoms with E-state index < -0.39 is 0 Å².